The maximum Gasteiger partial charge on any atom is 0.236 e. The maximum atomic E-state index is 5.68. The average molecular weight is 310 g/mol. The number of nitrogen functional groups attached to an aromatic ring is 1. The molecule has 2 N–H and O–H groups in total. The summed E-state index contributed by atoms with van der Waals surface area (Å²) < 4.78 is 6.53. The van der Waals surface area contributed by atoms with Crippen LogP contribution in [0.25, 0.3) is 10.8 Å². The molecule has 98 valence electrons. The Morgan fingerprint density at radius 2 is 2.32 bits per heavy atom. The molecule has 3 aromatic rings. The monoisotopic (exact) mass is 310 g/mol. The molecular weight excluding hydrogens is 300 g/mol. The summed E-state index contributed by atoms with van der Waals surface area (Å²) in [6, 6.07) is 3.98. The van der Waals surface area contributed by atoms with E-state index in [1.807, 2.05) is 24.4 Å². The van der Waals surface area contributed by atoms with Crippen molar-refractivity contribution >= 4 is 39.6 Å². The molecule has 3 aromatic heterocycles. The van der Waals surface area contributed by atoms with Gasteiger partial charge in [-0.05, 0) is 18.4 Å². The molecule has 0 radical (unpaired) electrons. The van der Waals surface area contributed by atoms with E-state index < -0.39 is 0 Å². The third-order valence-electron chi connectivity index (χ3n) is 2.38. The normalized spacial score (nSPS) is 11.0. The lowest BCUT2D eigenvalue weighted by Gasteiger charge is -1.92. The summed E-state index contributed by atoms with van der Waals surface area (Å²) >= 11 is 4.56. The number of nitrogens with zero attached hydrogens (tertiary/aromatic N) is 3. The summed E-state index contributed by atoms with van der Waals surface area (Å²) in [6.07, 6.45) is 0. The molecule has 5 nitrogen and oxygen atoms in total. The summed E-state index contributed by atoms with van der Waals surface area (Å²) in [6.45, 7) is 1.93. The molecule has 3 heterocycles. The number of hydrogen-bond donors (Lipinski definition) is 1. The third-order valence-corrected chi connectivity index (χ3v) is 5.13. The van der Waals surface area contributed by atoms with Crippen LogP contribution in [0.3, 0.4) is 0 Å². The first kappa shape index (κ1) is 12.6. The van der Waals surface area contributed by atoms with Crippen LogP contribution >= 0.6 is 34.4 Å². The molecule has 0 aliphatic carbocycles. The summed E-state index contributed by atoms with van der Waals surface area (Å²) in [5, 5.41) is 10.2. The smallest absolute Gasteiger partial charge is 0.236 e. The number of thiophene rings is 1. The van der Waals surface area contributed by atoms with Gasteiger partial charge in [0.25, 0.3) is 0 Å². The summed E-state index contributed by atoms with van der Waals surface area (Å²) in [5.74, 6) is 2.23. The van der Waals surface area contributed by atoms with Gasteiger partial charge in [0.2, 0.25) is 11.0 Å². The second-order valence-corrected chi connectivity index (χ2v) is 6.87. The van der Waals surface area contributed by atoms with Crippen molar-refractivity contribution in [1.82, 2.24) is 15.2 Å². The molecule has 19 heavy (non-hydrogen) atoms. The van der Waals surface area contributed by atoms with Crippen molar-refractivity contribution in [2.75, 3.05) is 5.73 Å². The minimum atomic E-state index is 0.485. The highest BCUT2D eigenvalue weighted by atomic mass is 32.2. The highest BCUT2D eigenvalue weighted by molar-refractivity contribution is 8.00. The third kappa shape index (κ3) is 2.80. The van der Waals surface area contributed by atoms with E-state index in [0.717, 1.165) is 20.7 Å². The number of oxazole rings is 1. The Morgan fingerprint density at radius 3 is 3.00 bits per heavy atom. The van der Waals surface area contributed by atoms with Crippen LogP contribution in [0.5, 0.6) is 0 Å². The van der Waals surface area contributed by atoms with Gasteiger partial charge in [-0.2, -0.15) is 0 Å². The summed E-state index contributed by atoms with van der Waals surface area (Å²) in [5.41, 5.74) is 6.48. The molecule has 0 saturated heterocycles. The minimum Gasteiger partial charge on any atom is -0.440 e. The Kier molecular flexibility index (Phi) is 3.54. The molecule has 0 unspecified atom stereocenters. The van der Waals surface area contributed by atoms with Crippen LogP contribution in [0.4, 0.5) is 5.13 Å². The SMILES string of the molecule is Cc1oc(-c2cccs2)nc1CSc1nnc(N)s1. The number of thioether (sulfide) groups is 1. The molecular formula is C11H10N4OS3. The van der Waals surface area contributed by atoms with Crippen LogP contribution in [0.1, 0.15) is 11.5 Å². The van der Waals surface area contributed by atoms with Gasteiger partial charge in [-0.3, -0.25) is 0 Å². The Balaban J connectivity index is 1.75. The number of anilines is 1. The van der Waals surface area contributed by atoms with E-state index >= 15 is 0 Å². The van der Waals surface area contributed by atoms with Crippen LogP contribution in [0, 0.1) is 6.92 Å². The molecule has 0 spiro atoms. The van der Waals surface area contributed by atoms with E-state index in [4.69, 9.17) is 10.2 Å². The fourth-order valence-corrected chi connectivity index (χ4v) is 3.76. The molecule has 0 amide bonds. The first-order valence-electron chi connectivity index (χ1n) is 5.44. The van der Waals surface area contributed by atoms with E-state index in [9.17, 15) is 0 Å². The lowest BCUT2D eigenvalue weighted by molar-refractivity contribution is 0.542. The van der Waals surface area contributed by atoms with Crippen LogP contribution in [0.2, 0.25) is 0 Å². The van der Waals surface area contributed by atoms with Crippen molar-refractivity contribution in [3.8, 4) is 10.8 Å². The van der Waals surface area contributed by atoms with Crippen LogP contribution in [-0.4, -0.2) is 15.2 Å². The first-order chi connectivity index (χ1) is 9.22. The van der Waals surface area contributed by atoms with Gasteiger partial charge in [-0.15, -0.1) is 21.5 Å². The largest absolute Gasteiger partial charge is 0.440 e. The number of aryl methyl sites for hydroxylation is 1. The molecule has 3 rings (SSSR count). The highest BCUT2D eigenvalue weighted by Crippen LogP contribution is 2.30. The fraction of sp³-hybridized carbons (Fsp3) is 0.182. The molecule has 0 fully saturated rings. The molecule has 0 aliphatic heterocycles. The average Bonchev–Trinajstić information content (AvgIpc) is 3.07. The second kappa shape index (κ2) is 5.32. The topological polar surface area (TPSA) is 77.8 Å². The van der Waals surface area contributed by atoms with Crippen LogP contribution < -0.4 is 5.73 Å². The minimum absolute atomic E-state index is 0.485. The molecule has 8 heteroatoms. The molecule has 0 bridgehead atoms. The number of nitrogens with two attached hydrogens (primary N) is 1. The Bertz CT molecular complexity index is 674. The quantitative estimate of drug-likeness (QED) is 0.744. The van der Waals surface area contributed by atoms with Crippen molar-refractivity contribution in [1.29, 1.82) is 0 Å². The van der Waals surface area contributed by atoms with Gasteiger partial charge < -0.3 is 10.2 Å². The summed E-state index contributed by atoms with van der Waals surface area (Å²) in [4.78, 5) is 5.56. The number of hydrogen-bond acceptors (Lipinski definition) is 8. The lowest BCUT2D eigenvalue weighted by Crippen LogP contribution is -1.84. The standard InChI is InChI=1S/C11H10N4OS3/c1-6-7(5-18-11-15-14-10(12)19-11)13-9(16-6)8-3-2-4-17-8/h2-4H,5H2,1H3,(H2,12,14). The van der Waals surface area contributed by atoms with Crippen molar-refractivity contribution in [3.05, 3.63) is 29.0 Å². The van der Waals surface area contributed by atoms with Gasteiger partial charge in [0.1, 0.15) is 5.76 Å². The van der Waals surface area contributed by atoms with Gasteiger partial charge in [0.15, 0.2) is 4.34 Å². The van der Waals surface area contributed by atoms with Gasteiger partial charge in [-0.25, -0.2) is 4.98 Å². The van der Waals surface area contributed by atoms with Gasteiger partial charge in [0, 0.05) is 5.75 Å². The predicted octanol–water partition coefficient (Wildman–Crippen LogP) is 3.44. The van der Waals surface area contributed by atoms with Crippen molar-refractivity contribution in [3.63, 3.8) is 0 Å². The lowest BCUT2D eigenvalue weighted by atomic mass is 10.4. The zero-order chi connectivity index (χ0) is 13.2. The number of aromatic nitrogens is 3. The summed E-state index contributed by atoms with van der Waals surface area (Å²) in [7, 11) is 0. The first-order valence-corrected chi connectivity index (χ1v) is 8.12. The van der Waals surface area contributed by atoms with Gasteiger partial charge in [0.05, 0.1) is 10.6 Å². The van der Waals surface area contributed by atoms with E-state index in [-0.39, 0.29) is 0 Å². The van der Waals surface area contributed by atoms with Crippen molar-refractivity contribution in [2.24, 2.45) is 0 Å². The van der Waals surface area contributed by atoms with E-state index in [1.54, 1.807) is 23.1 Å². The Morgan fingerprint density at radius 1 is 1.42 bits per heavy atom. The molecule has 0 saturated carbocycles. The van der Waals surface area contributed by atoms with Crippen LogP contribution in [0.15, 0.2) is 26.3 Å². The molecule has 0 atom stereocenters. The van der Waals surface area contributed by atoms with Crippen molar-refractivity contribution < 1.29 is 4.42 Å². The van der Waals surface area contributed by atoms with Crippen LogP contribution in [-0.2, 0) is 5.75 Å². The zero-order valence-corrected chi connectivity index (χ0v) is 12.4. The van der Waals surface area contributed by atoms with E-state index in [0.29, 0.717) is 16.8 Å². The fourth-order valence-electron chi connectivity index (χ4n) is 1.48. The zero-order valence-electron chi connectivity index (χ0n) is 9.99. The van der Waals surface area contributed by atoms with E-state index in [2.05, 4.69) is 15.2 Å². The van der Waals surface area contributed by atoms with Gasteiger partial charge >= 0.3 is 0 Å². The Hall–Kier alpha value is -1.38. The molecule has 0 aliphatic rings. The Labute approximate surface area is 121 Å². The van der Waals surface area contributed by atoms with E-state index in [1.165, 1.54) is 11.3 Å². The number of rotatable bonds is 4. The maximum absolute atomic E-state index is 5.68. The van der Waals surface area contributed by atoms with Crippen molar-refractivity contribution in [2.45, 2.75) is 17.0 Å². The second-order valence-electron chi connectivity index (χ2n) is 3.69. The highest BCUT2D eigenvalue weighted by Gasteiger charge is 2.13. The predicted molar refractivity (Wildman–Crippen MR) is 78.4 cm³/mol. The van der Waals surface area contributed by atoms with Gasteiger partial charge in [-0.1, -0.05) is 29.2 Å². The molecule has 0 aromatic carbocycles.